The summed E-state index contributed by atoms with van der Waals surface area (Å²) in [4.78, 5) is 0. The van der Waals surface area contributed by atoms with Crippen LogP contribution in [0.4, 0.5) is 4.39 Å². The normalized spacial score (nSPS) is 10.4. The van der Waals surface area contributed by atoms with E-state index in [2.05, 4.69) is 22.6 Å². The Morgan fingerprint density at radius 3 is 2.59 bits per heavy atom. The summed E-state index contributed by atoms with van der Waals surface area (Å²) >= 11 is 2.06. The van der Waals surface area contributed by atoms with E-state index in [0.717, 1.165) is 14.7 Å². The van der Waals surface area contributed by atoms with E-state index >= 15 is 0 Å². The first-order valence-corrected chi connectivity index (χ1v) is 6.30. The number of benzene rings is 2. The highest BCUT2D eigenvalue weighted by Crippen LogP contribution is 2.31. The van der Waals surface area contributed by atoms with Crippen LogP contribution in [0.2, 0.25) is 0 Å². The third-order valence-electron chi connectivity index (χ3n) is 2.57. The average molecular weight is 342 g/mol. The summed E-state index contributed by atoms with van der Waals surface area (Å²) in [6.07, 6.45) is 0. The lowest BCUT2D eigenvalue weighted by Crippen LogP contribution is -1.92. The van der Waals surface area contributed by atoms with Gasteiger partial charge in [0.05, 0.1) is 10.7 Å². The van der Waals surface area contributed by atoms with Gasteiger partial charge in [0.15, 0.2) is 0 Å². The van der Waals surface area contributed by atoms with Crippen LogP contribution in [0.3, 0.4) is 0 Å². The lowest BCUT2D eigenvalue weighted by atomic mass is 10.0. The lowest BCUT2D eigenvalue weighted by molar-refractivity contribution is 0.411. The Labute approximate surface area is 114 Å². The van der Waals surface area contributed by atoms with Gasteiger partial charge in [0.2, 0.25) is 0 Å². The lowest BCUT2D eigenvalue weighted by Gasteiger charge is -2.09. The van der Waals surface area contributed by atoms with E-state index in [9.17, 15) is 4.39 Å². The standard InChI is InChI=1S/C14H12FIO/c1-9-4-3-5-10(6-9)11-7-14(17-2)13(16)8-12(11)15/h3-8H,1-2H3. The van der Waals surface area contributed by atoms with Crippen LogP contribution >= 0.6 is 22.6 Å². The molecule has 0 amide bonds. The van der Waals surface area contributed by atoms with Crippen molar-refractivity contribution in [3.63, 3.8) is 0 Å². The van der Waals surface area contributed by atoms with Gasteiger partial charge in [0.1, 0.15) is 11.6 Å². The maximum absolute atomic E-state index is 13.9. The second-order valence-corrected chi connectivity index (χ2v) is 5.00. The van der Waals surface area contributed by atoms with Gasteiger partial charge in [0.25, 0.3) is 0 Å². The molecule has 0 spiro atoms. The smallest absolute Gasteiger partial charge is 0.133 e. The average Bonchev–Trinajstić information content (AvgIpc) is 2.29. The molecule has 2 aromatic rings. The predicted octanol–water partition coefficient (Wildman–Crippen LogP) is 4.41. The van der Waals surface area contributed by atoms with Crippen molar-refractivity contribution in [2.75, 3.05) is 7.11 Å². The summed E-state index contributed by atoms with van der Waals surface area (Å²) in [7, 11) is 1.59. The molecule has 88 valence electrons. The molecular formula is C14H12FIO. The zero-order valence-electron chi connectivity index (χ0n) is 9.63. The van der Waals surface area contributed by atoms with Gasteiger partial charge in [-0.15, -0.1) is 0 Å². The fourth-order valence-electron chi connectivity index (χ4n) is 1.72. The molecule has 1 nitrogen and oxygen atoms in total. The molecule has 0 aliphatic rings. The van der Waals surface area contributed by atoms with Crippen molar-refractivity contribution >= 4 is 22.6 Å². The van der Waals surface area contributed by atoms with Crippen LogP contribution in [-0.2, 0) is 0 Å². The number of hydrogen-bond acceptors (Lipinski definition) is 1. The van der Waals surface area contributed by atoms with Crippen molar-refractivity contribution in [1.82, 2.24) is 0 Å². The first-order chi connectivity index (χ1) is 8.11. The number of hydrogen-bond donors (Lipinski definition) is 0. The number of ether oxygens (including phenoxy) is 1. The van der Waals surface area contributed by atoms with Crippen molar-refractivity contribution in [2.45, 2.75) is 6.92 Å². The molecule has 0 aliphatic carbocycles. The van der Waals surface area contributed by atoms with E-state index in [1.54, 1.807) is 13.2 Å². The fraction of sp³-hybridized carbons (Fsp3) is 0.143. The largest absolute Gasteiger partial charge is 0.496 e. The van der Waals surface area contributed by atoms with Crippen LogP contribution < -0.4 is 4.74 Å². The Morgan fingerprint density at radius 1 is 1.18 bits per heavy atom. The Hall–Kier alpha value is -1.10. The molecule has 0 aliphatic heterocycles. The van der Waals surface area contributed by atoms with Crippen molar-refractivity contribution in [1.29, 1.82) is 0 Å². The third-order valence-corrected chi connectivity index (χ3v) is 3.41. The Kier molecular flexibility index (Phi) is 3.66. The van der Waals surface area contributed by atoms with Gasteiger partial charge in [-0.25, -0.2) is 4.39 Å². The van der Waals surface area contributed by atoms with Gasteiger partial charge in [-0.1, -0.05) is 29.8 Å². The van der Waals surface area contributed by atoms with Gasteiger partial charge < -0.3 is 4.74 Å². The van der Waals surface area contributed by atoms with Gasteiger partial charge >= 0.3 is 0 Å². The van der Waals surface area contributed by atoms with E-state index < -0.39 is 0 Å². The fourth-order valence-corrected chi connectivity index (χ4v) is 2.37. The van der Waals surface area contributed by atoms with Crippen molar-refractivity contribution in [2.24, 2.45) is 0 Å². The van der Waals surface area contributed by atoms with Crippen molar-refractivity contribution < 1.29 is 9.13 Å². The Morgan fingerprint density at radius 2 is 1.94 bits per heavy atom. The van der Waals surface area contributed by atoms with Gasteiger partial charge in [0, 0.05) is 5.56 Å². The first-order valence-electron chi connectivity index (χ1n) is 5.22. The highest BCUT2D eigenvalue weighted by atomic mass is 127. The van der Waals surface area contributed by atoms with Crippen LogP contribution in [0.5, 0.6) is 5.75 Å². The molecule has 0 N–H and O–H groups in total. The highest BCUT2D eigenvalue weighted by Gasteiger charge is 2.10. The van der Waals surface area contributed by atoms with E-state index in [-0.39, 0.29) is 5.82 Å². The topological polar surface area (TPSA) is 9.23 Å². The SMILES string of the molecule is COc1cc(-c2cccc(C)c2)c(F)cc1I. The minimum Gasteiger partial charge on any atom is -0.496 e. The second-order valence-electron chi connectivity index (χ2n) is 3.84. The number of halogens is 2. The second kappa shape index (κ2) is 5.04. The number of aryl methyl sites for hydroxylation is 1. The minimum atomic E-state index is -0.221. The molecule has 3 heteroatoms. The zero-order chi connectivity index (χ0) is 12.4. The molecule has 0 unspecified atom stereocenters. The van der Waals surface area contributed by atoms with Crippen LogP contribution in [-0.4, -0.2) is 7.11 Å². The van der Waals surface area contributed by atoms with Crippen LogP contribution in [0.1, 0.15) is 5.56 Å². The van der Waals surface area contributed by atoms with E-state index in [1.165, 1.54) is 6.07 Å². The third kappa shape index (κ3) is 2.60. The molecule has 0 radical (unpaired) electrons. The summed E-state index contributed by atoms with van der Waals surface area (Å²) in [6, 6.07) is 11.0. The van der Waals surface area contributed by atoms with E-state index in [4.69, 9.17) is 4.74 Å². The summed E-state index contributed by atoms with van der Waals surface area (Å²) in [6.45, 7) is 1.99. The Balaban J connectivity index is 2.59. The van der Waals surface area contributed by atoms with E-state index in [0.29, 0.717) is 11.3 Å². The summed E-state index contributed by atoms with van der Waals surface area (Å²) in [5.74, 6) is 0.476. The van der Waals surface area contributed by atoms with Crippen LogP contribution in [0.25, 0.3) is 11.1 Å². The molecule has 17 heavy (non-hydrogen) atoms. The maximum atomic E-state index is 13.9. The molecule has 2 rings (SSSR count). The van der Waals surface area contributed by atoms with Gasteiger partial charge in [-0.3, -0.25) is 0 Å². The Bertz CT molecular complexity index is 552. The van der Waals surface area contributed by atoms with Gasteiger partial charge in [-0.2, -0.15) is 0 Å². The van der Waals surface area contributed by atoms with Crippen molar-refractivity contribution in [3.05, 3.63) is 51.3 Å². The molecule has 0 aromatic heterocycles. The van der Waals surface area contributed by atoms with Crippen molar-refractivity contribution in [3.8, 4) is 16.9 Å². The monoisotopic (exact) mass is 342 g/mol. The van der Waals surface area contributed by atoms with Gasteiger partial charge in [-0.05, 0) is 47.2 Å². The first kappa shape index (κ1) is 12.4. The van der Waals surface area contributed by atoms with Crippen LogP contribution in [0, 0.1) is 16.3 Å². The number of methoxy groups -OCH3 is 1. The summed E-state index contributed by atoms with van der Waals surface area (Å²) in [5, 5.41) is 0. The molecule has 2 aromatic carbocycles. The highest BCUT2D eigenvalue weighted by molar-refractivity contribution is 14.1. The molecule has 0 saturated heterocycles. The maximum Gasteiger partial charge on any atom is 0.133 e. The molecule has 0 saturated carbocycles. The molecule has 0 bridgehead atoms. The molecule has 0 atom stereocenters. The molecular weight excluding hydrogens is 330 g/mol. The molecule has 0 fully saturated rings. The zero-order valence-corrected chi connectivity index (χ0v) is 11.8. The van der Waals surface area contributed by atoms with E-state index in [1.807, 2.05) is 31.2 Å². The van der Waals surface area contributed by atoms with Crippen LogP contribution in [0.15, 0.2) is 36.4 Å². The molecule has 0 heterocycles. The minimum absolute atomic E-state index is 0.221. The number of rotatable bonds is 2. The summed E-state index contributed by atoms with van der Waals surface area (Å²) < 4.78 is 19.9. The quantitative estimate of drug-likeness (QED) is 0.735. The summed E-state index contributed by atoms with van der Waals surface area (Å²) in [5.41, 5.74) is 2.56. The predicted molar refractivity (Wildman–Crippen MR) is 75.8 cm³/mol.